The van der Waals surface area contributed by atoms with Gasteiger partial charge in [-0.3, -0.25) is 9.48 Å². The van der Waals surface area contributed by atoms with Gasteiger partial charge in [-0.2, -0.15) is 10.2 Å². The van der Waals surface area contributed by atoms with Crippen LogP contribution in [0.4, 0.5) is 0 Å². The fraction of sp³-hybridized carbons (Fsp3) is 0.0417. The summed E-state index contributed by atoms with van der Waals surface area (Å²) in [6.07, 6.45) is 3.35. The number of phenolic OH excluding ortho intramolecular Hbond substituents is 2. The van der Waals surface area contributed by atoms with E-state index in [4.69, 9.17) is 16.7 Å². The molecule has 0 saturated heterocycles. The Morgan fingerprint density at radius 2 is 1.72 bits per heavy atom. The van der Waals surface area contributed by atoms with Gasteiger partial charge >= 0.3 is 0 Å². The number of aromatic nitrogens is 2. The van der Waals surface area contributed by atoms with Gasteiger partial charge in [-0.1, -0.05) is 54.1 Å². The molecule has 0 spiro atoms. The number of hydrazone groups is 1. The fourth-order valence-corrected chi connectivity index (χ4v) is 3.29. The molecular formula is C24H19ClN4O3. The largest absolute Gasteiger partial charge is 0.508 e. The zero-order valence-corrected chi connectivity index (χ0v) is 17.6. The summed E-state index contributed by atoms with van der Waals surface area (Å²) in [6.45, 7) is 0.541. The lowest BCUT2D eigenvalue weighted by atomic mass is 10.1. The highest BCUT2D eigenvalue weighted by molar-refractivity contribution is 6.30. The van der Waals surface area contributed by atoms with Crippen LogP contribution in [0, 0.1) is 0 Å². The second-order valence-electron chi connectivity index (χ2n) is 7.06. The maximum atomic E-state index is 12.3. The molecule has 4 rings (SSSR count). The molecule has 1 heterocycles. The van der Waals surface area contributed by atoms with Crippen LogP contribution in [0.1, 0.15) is 21.5 Å². The number of nitrogens with zero attached hydrogens (tertiary/aromatic N) is 3. The number of carbonyl (C=O) groups is 1. The van der Waals surface area contributed by atoms with Crippen molar-refractivity contribution < 1.29 is 15.0 Å². The number of benzene rings is 3. The van der Waals surface area contributed by atoms with Gasteiger partial charge in [-0.05, 0) is 29.8 Å². The topological polar surface area (TPSA) is 99.7 Å². The molecule has 0 aliphatic rings. The summed E-state index contributed by atoms with van der Waals surface area (Å²) < 4.78 is 1.79. The fourth-order valence-electron chi connectivity index (χ4n) is 3.16. The second-order valence-corrected chi connectivity index (χ2v) is 7.50. The average Bonchev–Trinajstić information content (AvgIpc) is 3.17. The number of amides is 1. The van der Waals surface area contributed by atoms with Gasteiger partial charge in [0.1, 0.15) is 17.2 Å². The smallest absolute Gasteiger partial charge is 0.271 e. The molecule has 32 heavy (non-hydrogen) atoms. The van der Waals surface area contributed by atoms with Gasteiger partial charge in [0.05, 0.1) is 12.8 Å². The molecule has 0 aliphatic carbocycles. The highest BCUT2D eigenvalue weighted by Gasteiger charge is 2.11. The molecule has 160 valence electrons. The molecular weight excluding hydrogens is 428 g/mol. The van der Waals surface area contributed by atoms with Crippen molar-refractivity contribution in [2.24, 2.45) is 5.10 Å². The van der Waals surface area contributed by atoms with Crippen LogP contribution in [0.5, 0.6) is 11.5 Å². The Hall–Kier alpha value is -4.10. The number of carbonyl (C=O) groups excluding carboxylic acids is 1. The van der Waals surface area contributed by atoms with Crippen LogP contribution in [0.2, 0.25) is 5.02 Å². The van der Waals surface area contributed by atoms with Crippen molar-refractivity contribution in [3.63, 3.8) is 0 Å². The molecule has 0 aliphatic heterocycles. The lowest BCUT2D eigenvalue weighted by Gasteiger charge is -2.02. The molecule has 0 unspecified atom stereocenters. The molecule has 1 aromatic heterocycles. The van der Waals surface area contributed by atoms with Gasteiger partial charge in [0, 0.05) is 34.0 Å². The summed E-state index contributed by atoms with van der Waals surface area (Å²) in [5.41, 5.74) is 5.86. The van der Waals surface area contributed by atoms with Crippen molar-refractivity contribution in [3.05, 3.63) is 101 Å². The minimum atomic E-state index is -0.567. The first kappa shape index (κ1) is 21.1. The molecule has 0 saturated carbocycles. The highest BCUT2D eigenvalue weighted by Crippen LogP contribution is 2.22. The van der Waals surface area contributed by atoms with E-state index in [0.717, 1.165) is 17.2 Å². The Labute approximate surface area is 189 Å². The summed E-state index contributed by atoms with van der Waals surface area (Å²) in [5.74, 6) is -0.995. The first-order valence-corrected chi connectivity index (χ1v) is 10.1. The lowest BCUT2D eigenvalue weighted by Crippen LogP contribution is -2.17. The van der Waals surface area contributed by atoms with Gasteiger partial charge in [-0.15, -0.1) is 0 Å². The Bertz CT molecular complexity index is 1250. The molecule has 1 amide bonds. The monoisotopic (exact) mass is 446 g/mol. The second kappa shape index (κ2) is 9.36. The first-order chi connectivity index (χ1) is 15.5. The number of hydrogen-bond acceptors (Lipinski definition) is 5. The zero-order valence-electron chi connectivity index (χ0n) is 16.8. The van der Waals surface area contributed by atoms with E-state index in [1.54, 1.807) is 4.68 Å². The molecule has 0 bridgehead atoms. The minimum absolute atomic E-state index is 0.0846. The Balaban J connectivity index is 1.57. The number of rotatable bonds is 6. The summed E-state index contributed by atoms with van der Waals surface area (Å²) in [4.78, 5) is 12.3. The maximum Gasteiger partial charge on any atom is 0.271 e. The van der Waals surface area contributed by atoms with E-state index in [0.29, 0.717) is 22.8 Å². The van der Waals surface area contributed by atoms with E-state index in [-0.39, 0.29) is 17.1 Å². The molecule has 0 atom stereocenters. The Morgan fingerprint density at radius 1 is 1.03 bits per heavy atom. The predicted octanol–water partition coefficient (Wildman–Crippen LogP) is 4.43. The average molecular weight is 447 g/mol. The Kier molecular flexibility index (Phi) is 6.19. The van der Waals surface area contributed by atoms with Crippen molar-refractivity contribution in [1.82, 2.24) is 15.2 Å². The van der Waals surface area contributed by atoms with Crippen molar-refractivity contribution >= 4 is 23.7 Å². The van der Waals surface area contributed by atoms with E-state index in [2.05, 4.69) is 10.5 Å². The summed E-state index contributed by atoms with van der Waals surface area (Å²) in [7, 11) is 0. The van der Waals surface area contributed by atoms with Crippen LogP contribution >= 0.6 is 11.6 Å². The molecule has 3 aromatic carbocycles. The summed E-state index contributed by atoms with van der Waals surface area (Å²) in [5, 5.41) is 28.5. The molecule has 0 radical (unpaired) electrons. The van der Waals surface area contributed by atoms with E-state index in [1.165, 1.54) is 18.3 Å². The summed E-state index contributed by atoms with van der Waals surface area (Å²) >= 11 is 5.97. The van der Waals surface area contributed by atoms with Gasteiger partial charge < -0.3 is 10.2 Å². The van der Waals surface area contributed by atoms with Gasteiger partial charge in [-0.25, -0.2) is 5.43 Å². The lowest BCUT2D eigenvalue weighted by molar-refractivity contribution is 0.0954. The van der Waals surface area contributed by atoms with Crippen molar-refractivity contribution in [1.29, 1.82) is 0 Å². The summed E-state index contributed by atoms with van der Waals surface area (Å²) in [6, 6.07) is 20.8. The van der Waals surface area contributed by atoms with E-state index in [9.17, 15) is 15.0 Å². The minimum Gasteiger partial charge on any atom is -0.508 e. The van der Waals surface area contributed by atoms with Gasteiger partial charge in [0.15, 0.2) is 0 Å². The van der Waals surface area contributed by atoms with E-state index >= 15 is 0 Å². The van der Waals surface area contributed by atoms with Crippen LogP contribution in [0.15, 0.2) is 84.1 Å². The SMILES string of the molecule is O=C(NN=Cc1cn(Cc2ccc(Cl)cc2)nc1-c1ccccc1)c1cc(O)cc(O)c1. The van der Waals surface area contributed by atoms with Crippen LogP contribution in [-0.2, 0) is 6.54 Å². The highest BCUT2D eigenvalue weighted by atomic mass is 35.5. The quantitative estimate of drug-likeness (QED) is 0.301. The van der Waals surface area contributed by atoms with E-state index < -0.39 is 5.91 Å². The Morgan fingerprint density at radius 3 is 2.41 bits per heavy atom. The number of nitrogens with one attached hydrogen (secondary N) is 1. The van der Waals surface area contributed by atoms with Crippen LogP contribution in [0.3, 0.4) is 0 Å². The van der Waals surface area contributed by atoms with Crippen molar-refractivity contribution in [2.75, 3.05) is 0 Å². The third kappa shape index (κ3) is 5.14. The van der Waals surface area contributed by atoms with Crippen LogP contribution < -0.4 is 5.43 Å². The first-order valence-electron chi connectivity index (χ1n) is 9.72. The van der Waals surface area contributed by atoms with E-state index in [1.807, 2.05) is 60.8 Å². The third-order valence-corrected chi connectivity index (χ3v) is 4.88. The molecule has 0 fully saturated rings. The predicted molar refractivity (Wildman–Crippen MR) is 123 cm³/mol. The van der Waals surface area contributed by atoms with Crippen molar-refractivity contribution in [3.8, 4) is 22.8 Å². The molecule has 4 aromatic rings. The molecule has 7 nitrogen and oxygen atoms in total. The molecule has 3 N–H and O–H groups in total. The van der Waals surface area contributed by atoms with Crippen molar-refractivity contribution in [2.45, 2.75) is 6.54 Å². The third-order valence-electron chi connectivity index (χ3n) is 4.63. The number of hydrogen-bond donors (Lipinski definition) is 3. The normalized spacial score (nSPS) is 11.0. The maximum absolute atomic E-state index is 12.3. The van der Waals surface area contributed by atoms with Crippen LogP contribution in [-0.4, -0.2) is 32.1 Å². The van der Waals surface area contributed by atoms with Crippen LogP contribution in [0.25, 0.3) is 11.3 Å². The standard InChI is InChI=1S/C24H19ClN4O3/c25-20-8-6-16(7-9-20)14-29-15-19(23(28-29)17-4-2-1-3-5-17)13-26-27-24(32)18-10-21(30)12-22(31)11-18/h1-13,15,30-31H,14H2,(H,27,32). The number of halogens is 1. The number of aromatic hydroxyl groups is 2. The van der Waals surface area contributed by atoms with Gasteiger partial charge in [0.2, 0.25) is 0 Å². The zero-order chi connectivity index (χ0) is 22.5. The molecule has 8 heteroatoms. The number of phenols is 2. The van der Waals surface area contributed by atoms with Gasteiger partial charge in [0.25, 0.3) is 5.91 Å².